The van der Waals surface area contributed by atoms with E-state index in [1.54, 1.807) is 7.11 Å². The lowest BCUT2D eigenvalue weighted by molar-refractivity contribution is 0.114. The van der Waals surface area contributed by atoms with E-state index in [9.17, 15) is 0 Å². The highest BCUT2D eigenvalue weighted by Crippen LogP contribution is 2.22. The maximum absolute atomic E-state index is 5.56. The van der Waals surface area contributed by atoms with Gasteiger partial charge >= 0.3 is 0 Å². The average Bonchev–Trinajstić information content (AvgIpc) is 3.17. The molecule has 2 aromatic rings. The van der Waals surface area contributed by atoms with Gasteiger partial charge in [-0.2, -0.15) is 5.10 Å². The number of nitrogens with one attached hydrogen (secondary N) is 2. The fourth-order valence-electron chi connectivity index (χ4n) is 2.83. The maximum Gasteiger partial charge on any atom is 0.187 e. The van der Waals surface area contributed by atoms with E-state index in [1.165, 1.54) is 0 Å². The Morgan fingerprint density at radius 1 is 1.28 bits per heavy atom. The van der Waals surface area contributed by atoms with Crippen molar-refractivity contribution in [1.29, 1.82) is 0 Å². The van der Waals surface area contributed by atoms with Crippen molar-refractivity contribution in [3.05, 3.63) is 42.0 Å². The summed E-state index contributed by atoms with van der Waals surface area (Å²) in [7, 11) is 1.67. The summed E-state index contributed by atoms with van der Waals surface area (Å²) in [6.45, 7) is 3.52. The minimum absolute atomic E-state index is 0.252. The van der Waals surface area contributed by atoms with E-state index >= 15 is 0 Å². The van der Waals surface area contributed by atoms with Crippen LogP contribution in [0.25, 0.3) is 10.8 Å². The lowest BCUT2D eigenvalue weighted by Gasteiger charge is -2.12. The molecule has 25 heavy (non-hydrogen) atoms. The predicted molar refractivity (Wildman–Crippen MR) is 105 cm³/mol. The molecule has 0 amide bonds. The maximum atomic E-state index is 5.56. The SMILES string of the molecule is COc1ccc2cc(/C(C)=N/NC(=S)NCC3CCCO3)ccc2c1. The number of nitrogens with zero attached hydrogens (tertiary/aromatic N) is 1. The van der Waals surface area contributed by atoms with Crippen LogP contribution in [-0.4, -0.2) is 37.2 Å². The molecule has 2 aromatic carbocycles. The molecule has 3 rings (SSSR count). The van der Waals surface area contributed by atoms with Gasteiger partial charge in [-0.25, -0.2) is 0 Å². The monoisotopic (exact) mass is 357 g/mol. The van der Waals surface area contributed by atoms with Gasteiger partial charge < -0.3 is 14.8 Å². The fourth-order valence-corrected chi connectivity index (χ4v) is 2.96. The number of fused-ring (bicyclic) bond motifs is 1. The number of hydrazone groups is 1. The highest BCUT2D eigenvalue weighted by Gasteiger charge is 2.15. The summed E-state index contributed by atoms with van der Waals surface area (Å²) >= 11 is 5.26. The molecule has 6 heteroatoms. The molecule has 5 nitrogen and oxygen atoms in total. The Morgan fingerprint density at radius 2 is 2.08 bits per heavy atom. The van der Waals surface area contributed by atoms with Crippen LogP contribution in [0, 0.1) is 0 Å². The smallest absolute Gasteiger partial charge is 0.187 e. The van der Waals surface area contributed by atoms with Crippen molar-refractivity contribution in [2.75, 3.05) is 20.3 Å². The first-order chi connectivity index (χ1) is 12.2. The van der Waals surface area contributed by atoms with Crippen LogP contribution in [0.2, 0.25) is 0 Å². The molecule has 2 N–H and O–H groups in total. The van der Waals surface area contributed by atoms with Gasteiger partial charge in [-0.3, -0.25) is 5.43 Å². The van der Waals surface area contributed by atoms with Gasteiger partial charge in [0.2, 0.25) is 0 Å². The molecule has 1 fully saturated rings. The van der Waals surface area contributed by atoms with E-state index in [0.717, 1.165) is 53.8 Å². The molecule has 132 valence electrons. The number of ether oxygens (including phenoxy) is 2. The van der Waals surface area contributed by atoms with E-state index in [2.05, 4.69) is 28.0 Å². The van der Waals surface area contributed by atoms with Crippen molar-refractivity contribution < 1.29 is 9.47 Å². The number of rotatable bonds is 5. The molecule has 1 heterocycles. The van der Waals surface area contributed by atoms with Crippen LogP contribution in [0.4, 0.5) is 0 Å². The molecule has 0 spiro atoms. The van der Waals surface area contributed by atoms with Gasteiger partial charge in [0.05, 0.1) is 18.9 Å². The topological polar surface area (TPSA) is 54.9 Å². The third kappa shape index (κ3) is 4.67. The van der Waals surface area contributed by atoms with Crippen LogP contribution in [-0.2, 0) is 4.74 Å². The van der Waals surface area contributed by atoms with Crippen molar-refractivity contribution in [3.8, 4) is 5.75 Å². The van der Waals surface area contributed by atoms with Gasteiger partial charge in [0.15, 0.2) is 5.11 Å². The highest BCUT2D eigenvalue weighted by atomic mass is 32.1. The molecule has 0 aliphatic carbocycles. The van der Waals surface area contributed by atoms with E-state index in [1.807, 2.05) is 31.2 Å². The third-order valence-corrected chi connectivity index (χ3v) is 4.54. The van der Waals surface area contributed by atoms with Crippen LogP contribution in [0.3, 0.4) is 0 Å². The van der Waals surface area contributed by atoms with E-state index in [0.29, 0.717) is 5.11 Å². The van der Waals surface area contributed by atoms with Crippen molar-refractivity contribution in [1.82, 2.24) is 10.7 Å². The average molecular weight is 357 g/mol. The van der Waals surface area contributed by atoms with Crippen LogP contribution < -0.4 is 15.5 Å². The molecule has 0 radical (unpaired) electrons. The Hall–Kier alpha value is -2.18. The van der Waals surface area contributed by atoms with E-state index < -0.39 is 0 Å². The van der Waals surface area contributed by atoms with Crippen molar-refractivity contribution >= 4 is 33.8 Å². The van der Waals surface area contributed by atoms with Crippen molar-refractivity contribution in [3.63, 3.8) is 0 Å². The van der Waals surface area contributed by atoms with Crippen molar-refractivity contribution in [2.45, 2.75) is 25.9 Å². The Labute approximate surface area is 153 Å². The number of hydrogen-bond acceptors (Lipinski definition) is 4. The molecule has 0 aromatic heterocycles. The van der Waals surface area contributed by atoms with Crippen LogP contribution >= 0.6 is 12.2 Å². The Balaban J connectivity index is 1.61. The largest absolute Gasteiger partial charge is 0.497 e. The first-order valence-corrected chi connectivity index (χ1v) is 8.84. The summed E-state index contributed by atoms with van der Waals surface area (Å²) in [5.74, 6) is 0.856. The van der Waals surface area contributed by atoms with Gasteiger partial charge in [0.25, 0.3) is 0 Å². The molecular weight excluding hydrogens is 334 g/mol. The zero-order valence-corrected chi connectivity index (χ0v) is 15.4. The van der Waals surface area contributed by atoms with Crippen LogP contribution in [0.15, 0.2) is 41.5 Å². The highest BCUT2D eigenvalue weighted by molar-refractivity contribution is 7.80. The molecule has 1 unspecified atom stereocenters. The zero-order valence-electron chi connectivity index (χ0n) is 14.5. The van der Waals surface area contributed by atoms with E-state index in [4.69, 9.17) is 21.7 Å². The van der Waals surface area contributed by atoms with Crippen molar-refractivity contribution in [2.24, 2.45) is 5.10 Å². The normalized spacial score (nSPS) is 17.5. The Kier molecular flexibility index (Phi) is 5.83. The lowest BCUT2D eigenvalue weighted by atomic mass is 10.0. The minimum atomic E-state index is 0.252. The number of benzene rings is 2. The summed E-state index contributed by atoms with van der Waals surface area (Å²) in [6.07, 6.45) is 2.46. The van der Waals surface area contributed by atoms with Gasteiger partial charge in [-0.05, 0) is 66.5 Å². The number of hydrogen-bond donors (Lipinski definition) is 2. The summed E-state index contributed by atoms with van der Waals surface area (Å²) in [4.78, 5) is 0. The number of thiocarbonyl (C=S) groups is 1. The van der Waals surface area contributed by atoms with E-state index in [-0.39, 0.29) is 6.10 Å². The van der Waals surface area contributed by atoms with Gasteiger partial charge in [-0.1, -0.05) is 18.2 Å². The summed E-state index contributed by atoms with van der Waals surface area (Å²) in [5, 5.41) is 10.3. The molecule has 0 saturated carbocycles. The third-order valence-electron chi connectivity index (χ3n) is 4.30. The number of methoxy groups -OCH3 is 1. The fraction of sp³-hybridized carbons (Fsp3) is 0.368. The predicted octanol–water partition coefficient (Wildman–Crippen LogP) is 3.22. The minimum Gasteiger partial charge on any atom is -0.497 e. The summed E-state index contributed by atoms with van der Waals surface area (Å²) in [5.41, 5.74) is 4.83. The second-order valence-corrected chi connectivity index (χ2v) is 6.49. The quantitative estimate of drug-likeness (QED) is 0.489. The standard InChI is InChI=1S/C19H23N3O2S/c1-13(21-22-19(25)20-12-18-4-3-9-24-18)14-5-6-16-11-17(23-2)8-7-15(16)10-14/h5-8,10-11,18H,3-4,9,12H2,1-2H3,(H2,20,22,25)/b21-13+. The van der Waals surface area contributed by atoms with Crippen LogP contribution in [0.1, 0.15) is 25.3 Å². The zero-order chi connectivity index (χ0) is 17.6. The molecule has 0 bridgehead atoms. The van der Waals surface area contributed by atoms with Gasteiger partial charge in [0, 0.05) is 13.2 Å². The molecule has 1 aliphatic heterocycles. The molecule has 1 saturated heterocycles. The second-order valence-electron chi connectivity index (χ2n) is 6.08. The second kappa shape index (κ2) is 8.27. The van der Waals surface area contributed by atoms with Crippen LogP contribution in [0.5, 0.6) is 5.75 Å². The lowest BCUT2D eigenvalue weighted by Crippen LogP contribution is -2.37. The molecule has 1 aliphatic rings. The van der Waals surface area contributed by atoms with Gasteiger partial charge in [-0.15, -0.1) is 0 Å². The molecular formula is C19H23N3O2S. The summed E-state index contributed by atoms with van der Waals surface area (Å²) < 4.78 is 10.8. The summed E-state index contributed by atoms with van der Waals surface area (Å²) in [6, 6.07) is 12.3. The first kappa shape index (κ1) is 17.6. The Morgan fingerprint density at radius 3 is 2.84 bits per heavy atom. The molecule has 1 atom stereocenters. The van der Waals surface area contributed by atoms with Gasteiger partial charge in [0.1, 0.15) is 5.75 Å². The first-order valence-electron chi connectivity index (χ1n) is 8.43. The Bertz CT molecular complexity index is 785.